The second kappa shape index (κ2) is 6.67. The van der Waals surface area contributed by atoms with E-state index in [9.17, 15) is 0 Å². The molecule has 1 unspecified atom stereocenters. The average Bonchev–Trinajstić information content (AvgIpc) is 3.20. The first-order valence-electron chi connectivity index (χ1n) is 8.71. The fraction of sp³-hybridized carbons (Fsp3) is 0.882. The lowest BCUT2D eigenvalue weighted by atomic mass is 9.96. The summed E-state index contributed by atoms with van der Waals surface area (Å²) in [7, 11) is 0. The first-order chi connectivity index (χ1) is 10.5. The first kappa shape index (κ1) is 15.9. The summed E-state index contributed by atoms with van der Waals surface area (Å²) in [6.07, 6.45) is 8.00. The summed E-state index contributed by atoms with van der Waals surface area (Å²) in [4.78, 5) is 7.12. The summed E-state index contributed by atoms with van der Waals surface area (Å²) in [5, 5.41) is 4.15. The topological polar surface area (TPSA) is 51.4 Å². The Labute approximate surface area is 133 Å². The highest BCUT2D eigenvalue weighted by Gasteiger charge is 2.29. The molecule has 2 aliphatic rings. The smallest absolute Gasteiger partial charge is 0.240 e. The van der Waals surface area contributed by atoms with E-state index in [-0.39, 0.29) is 5.41 Å². The van der Waals surface area contributed by atoms with Gasteiger partial charge in [-0.15, -0.1) is 0 Å². The van der Waals surface area contributed by atoms with Crippen molar-refractivity contribution in [3.63, 3.8) is 0 Å². The van der Waals surface area contributed by atoms with Crippen LogP contribution >= 0.6 is 0 Å². The summed E-state index contributed by atoms with van der Waals surface area (Å²) in [6.45, 7) is 9.01. The van der Waals surface area contributed by atoms with E-state index < -0.39 is 0 Å². The molecule has 1 atom stereocenters. The molecule has 1 saturated carbocycles. The maximum absolute atomic E-state index is 5.83. The van der Waals surface area contributed by atoms with Crippen LogP contribution in [0.5, 0.6) is 0 Å². The lowest BCUT2D eigenvalue weighted by molar-refractivity contribution is 0.0495. The predicted molar refractivity (Wildman–Crippen MR) is 84.6 cm³/mol. The van der Waals surface area contributed by atoms with Crippen LogP contribution in [-0.4, -0.2) is 40.3 Å². The summed E-state index contributed by atoms with van der Waals surface area (Å²) < 4.78 is 11.3. The summed E-state index contributed by atoms with van der Waals surface area (Å²) in [5.74, 6) is 1.54. The van der Waals surface area contributed by atoms with Crippen LogP contribution in [0.2, 0.25) is 0 Å². The fourth-order valence-corrected chi connectivity index (χ4v) is 3.46. The minimum Gasteiger partial charge on any atom is -0.377 e. The van der Waals surface area contributed by atoms with Gasteiger partial charge in [0.2, 0.25) is 5.89 Å². The van der Waals surface area contributed by atoms with E-state index in [0.717, 1.165) is 31.4 Å². The van der Waals surface area contributed by atoms with Gasteiger partial charge in [0.25, 0.3) is 0 Å². The molecule has 1 saturated heterocycles. The molecule has 22 heavy (non-hydrogen) atoms. The summed E-state index contributed by atoms with van der Waals surface area (Å²) in [6, 6.07) is 0.647. The molecule has 2 heterocycles. The molecule has 1 aliphatic carbocycles. The average molecular weight is 307 g/mol. The third-order valence-corrected chi connectivity index (χ3v) is 4.78. The molecule has 124 valence electrons. The number of rotatable bonds is 5. The Balaban J connectivity index is 1.67. The maximum Gasteiger partial charge on any atom is 0.240 e. The van der Waals surface area contributed by atoms with E-state index in [1.165, 1.54) is 38.5 Å². The molecule has 0 bridgehead atoms. The zero-order chi connectivity index (χ0) is 15.6. The van der Waals surface area contributed by atoms with E-state index in [1.807, 2.05) is 0 Å². The number of nitrogens with zero attached hydrogens (tertiary/aromatic N) is 3. The quantitative estimate of drug-likeness (QED) is 0.835. The third kappa shape index (κ3) is 3.87. The van der Waals surface area contributed by atoms with Crippen molar-refractivity contribution in [3.05, 3.63) is 11.7 Å². The molecular formula is C17H29N3O2. The van der Waals surface area contributed by atoms with Crippen LogP contribution in [-0.2, 0) is 16.7 Å². The zero-order valence-electron chi connectivity index (χ0n) is 14.2. The minimum atomic E-state index is -0.0610. The SMILES string of the molecule is CC(C)(C)c1noc(CN(CC2CCCO2)C2CCCC2)n1. The normalized spacial score (nSPS) is 23.7. The third-order valence-electron chi connectivity index (χ3n) is 4.78. The van der Waals surface area contributed by atoms with E-state index in [2.05, 4.69) is 35.8 Å². The van der Waals surface area contributed by atoms with E-state index >= 15 is 0 Å². The second-order valence-corrected chi connectivity index (χ2v) is 7.76. The number of aromatic nitrogens is 2. The highest BCUT2D eigenvalue weighted by atomic mass is 16.5. The van der Waals surface area contributed by atoms with Crippen molar-refractivity contribution in [1.82, 2.24) is 15.0 Å². The van der Waals surface area contributed by atoms with Gasteiger partial charge in [0.15, 0.2) is 5.82 Å². The van der Waals surface area contributed by atoms with Crippen LogP contribution in [0.1, 0.15) is 71.0 Å². The second-order valence-electron chi connectivity index (χ2n) is 7.76. The van der Waals surface area contributed by atoms with Crippen LogP contribution in [0.25, 0.3) is 0 Å². The summed E-state index contributed by atoms with van der Waals surface area (Å²) in [5.41, 5.74) is -0.0610. The van der Waals surface area contributed by atoms with Crippen molar-refractivity contribution in [2.45, 2.75) is 83.4 Å². The lowest BCUT2D eigenvalue weighted by Crippen LogP contribution is -2.38. The van der Waals surface area contributed by atoms with E-state index in [0.29, 0.717) is 12.1 Å². The molecule has 5 heteroatoms. The van der Waals surface area contributed by atoms with Crippen molar-refractivity contribution in [1.29, 1.82) is 0 Å². The van der Waals surface area contributed by atoms with Gasteiger partial charge in [-0.25, -0.2) is 0 Å². The molecule has 2 fully saturated rings. The molecular weight excluding hydrogens is 278 g/mol. The number of hydrogen-bond acceptors (Lipinski definition) is 5. The van der Waals surface area contributed by atoms with Crippen LogP contribution in [0, 0.1) is 0 Å². The largest absolute Gasteiger partial charge is 0.377 e. The van der Waals surface area contributed by atoms with Gasteiger partial charge >= 0.3 is 0 Å². The van der Waals surface area contributed by atoms with E-state index in [4.69, 9.17) is 9.26 Å². The molecule has 0 radical (unpaired) electrons. The molecule has 0 N–H and O–H groups in total. The molecule has 1 aromatic rings. The van der Waals surface area contributed by atoms with Crippen LogP contribution < -0.4 is 0 Å². The van der Waals surface area contributed by atoms with Crippen molar-refractivity contribution < 1.29 is 9.26 Å². The van der Waals surface area contributed by atoms with Crippen molar-refractivity contribution in [3.8, 4) is 0 Å². The van der Waals surface area contributed by atoms with Gasteiger partial charge in [0.1, 0.15) is 0 Å². The van der Waals surface area contributed by atoms with Crippen LogP contribution in [0.3, 0.4) is 0 Å². The molecule has 0 amide bonds. The highest BCUT2D eigenvalue weighted by Crippen LogP contribution is 2.27. The number of ether oxygens (including phenoxy) is 1. The van der Waals surface area contributed by atoms with Gasteiger partial charge in [0.05, 0.1) is 12.6 Å². The molecule has 0 spiro atoms. The Morgan fingerprint density at radius 2 is 1.91 bits per heavy atom. The zero-order valence-corrected chi connectivity index (χ0v) is 14.2. The Bertz CT molecular complexity index is 468. The first-order valence-corrected chi connectivity index (χ1v) is 8.71. The van der Waals surface area contributed by atoms with Gasteiger partial charge in [-0.1, -0.05) is 38.8 Å². The van der Waals surface area contributed by atoms with Crippen molar-refractivity contribution in [2.75, 3.05) is 13.2 Å². The van der Waals surface area contributed by atoms with Gasteiger partial charge in [-0.2, -0.15) is 4.98 Å². The standard InChI is InChI=1S/C17H29N3O2/c1-17(2,3)16-18-15(22-19-16)12-20(13-7-4-5-8-13)11-14-9-6-10-21-14/h13-14H,4-12H2,1-3H3. The van der Waals surface area contributed by atoms with Gasteiger partial charge in [-0.3, -0.25) is 4.90 Å². The maximum atomic E-state index is 5.83. The minimum absolute atomic E-state index is 0.0610. The van der Waals surface area contributed by atoms with Crippen LogP contribution in [0.15, 0.2) is 4.52 Å². The Hall–Kier alpha value is -0.940. The Morgan fingerprint density at radius 1 is 1.14 bits per heavy atom. The highest BCUT2D eigenvalue weighted by molar-refractivity contribution is 5.00. The van der Waals surface area contributed by atoms with E-state index in [1.54, 1.807) is 0 Å². The molecule has 1 aromatic heterocycles. The van der Waals surface area contributed by atoms with Gasteiger partial charge < -0.3 is 9.26 Å². The molecule has 3 rings (SSSR count). The molecule has 5 nitrogen and oxygen atoms in total. The van der Waals surface area contributed by atoms with Crippen LogP contribution in [0.4, 0.5) is 0 Å². The Kier molecular flexibility index (Phi) is 4.83. The lowest BCUT2D eigenvalue weighted by Gasteiger charge is -2.29. The molecule has 0 aromatic carbocycles. The van der Waals surface area contributed by atoms with Crippen molar-refractivity contribution in [2.24, 2.45) is 0 Å². The molecule has 1 aliphatic heterocycles. The fourth-order valence-electron chi connectivity index (χ4n) is 3.46. The predicted octanol–water partition coefficient (Wildman–Crippen LogP) is 3.29. The Morgan fingerprint density at radius 3 is 2.50 bits per heavy atom. The van der Waals surface area contributed by atoms with Gasteiger partial charge in [0, 0.05) is 24.6 Å². The van der Waals surface area contributed by atoms with Gasteiger partial charge in [-0.05, 0) is 25.7 Å². The monoisotopic (exact) mass is 307 g/mol. The summed E-state index contributed by atoms with van der Waals surface area (Å²) >= 11 is 0. The number of hydrogen-bond donors (Lipinski definition) is 0. The van der Waals surface area contributed by atoms with Crippen molar-refractivity contribution >= 4 is 0 Å².